The van der Waals surface area contributed by atoms with Gasteiger partial charge in [-0.25, -0.2) is 0 Å². The average Bonchev–Trinajstić information content (AvgIpc) is 2.16. The molecule has 1 aromatic rings. The van der Waals surface area contributed by atoms with Crippen molar-refractivity contribution in [3.63, 3.8) is 0 Å². The highest BCUT2D eigenvalue weighted by Gasteiger charge is 2.04. The van der Waals surface area contributed by atoms with E-state index >= 15 is 0 Å². The minimum Gasteiger partial charge on any atom is -0.397 e. The minimum absolute atomic E-state index is 0.224. The SMILES string of the molecule is Nc1cnccc1SCC(O)CO. The Balaban J connectivity index is 2.50. The van der Waals surface area contributed by atoms with Gasteiger partial charge in [-0.1, -0.05) is 0 Å². The van der Waals surface area contributed by atoms with Crippen molar-refractivity contribution in [1.29, 1.82) is 0 Å². The standard InChI is InChI=1S/C8H12N2O2S/c9-7-3-10-2-1-8(7)13-5-6(12)4-11/h1-3,6,11-12H,4-5,9H2. The largest absolute Gasteiger partial charge is 0.397 e. The molecule has 1 heterocycles. The van der Waals surface area contributed by atoms with Gasteiger partial charge < -0.3 is 15.9 Å². The summed E-state index contributed by atoms with van der Waals surface area (Å²) in [5.74, 6) is 0.435. The van der Waals surface area contributed by atoms with Crippen LogP contribution in [0.1, 0.15) is 0 Å². The van der Waals surface area contributed by atoms with Crippen molar-refractivity contribution >= 4 is 17.4 Å². The number of nitrogens with zero attached hydrogens (tertiary/aromatic N) is 1. The van der Waals surface area contributed by atoms with Crippen LogP contribution in [0.4, 0.5) is 5.69 Å². The highest BCUT2D eigenvalue weighted by atomic mass is 32.2. The number of rotatable bonds is 4. The Morgan fingerprint density at radius 2 is 2.38 bits per heavy atom. The number of hydrogen-bond donors (Lipinski definition) is 3. The van der Waals surface area contributed by atoms with Crippen LogP contribution in [-0.4, -0.2) is 33.7 Å². The lowest BCUT2D eigenvalue weighted by molar-refractivity contribution is 0.113. The van der Waals surface area contributed by atoms with Gasteiger partial charge in [-0.15, -0.1) is 11.8 Å². The van der Waals surface area contributed by atoms with Crippen molar-refractivity contribution in [2.75, 3.05) is 18.1 Å². The third kappa shape index (κ3) is 3.22. The molecule has 1 rings (SSSR count). The van der Waals surface area contributed by atoms with E-state index in [2.05, 4.69) is 4.98 Å². The number of anilines is 1. The molecule has 0 saturated heterocycles. The minimum atomic E-state index is -0.697. The molecule has 0 radical (unpaired) electrons. The van der Waals surface area contributed by atoms with Gasteiger partial charge in [0.2, 0.25) is 0 Å². The lowest BCUT2D eigenvalue weighted by Gasteiger charge is -2.07. The summed E-state index contributed by atoms with van der Waals surface area (Å²) in [6.07, 6.45) is 2.51. The summed E-state index contributed by atoms with van der Waals surface area (Å²) in [6.45, 7) is -0.224. The molecule has 1 unspecified atom stereocenters. The number of hydrogen-bond acceptors (Lipinski definition) is 5. The number of aliphatic hydroxyl groups excluding tert-OH is 2. The molecule has 0 fully saturated rings. The molecule has 5 heteroatoms. The van der Waals surface area contributed by atoms with Gasteiger partial charge in [0.15, 0.2) is 0 Å². The highest BCUT2D eigenvalue weighted by molar-refractivity contribution is 7.99. The van der Waals surface area contributed by atoms with E-state index in [-0.39, 0.29) is 6.61 Å². The molecule has 4 nitrogen and oxygen atoms in total. The van der Waals surface area contributed by atoms with E-state index in [4.69, 9.17) is 15.9 Å². The molecule has 1 atom stereocenters. The number of thioether (sulfide) groups is 1. The van der Waals surface area contributed by atoms with Gasteiger partial charge in [-0.05, 0) is 6.07 Å². The van der Waals surface area contributed by atoms with Crippen LogP contribution in [0.15, 0.2) is 23.4 Å². The van der Waals surface area contributed by atoms with Gasteiger partial charge >= 0.3 is 0 Å². The van der Waals surface area contributed by atoms with Crippen molar-refractivity contribution in [3.05, 3.63) is 18.5 Å². The molecule has 13 heavy (non-hydrogen) atoms. The van der Waals surface area contributed by atoms with Crippen LogP contribution in [0.5, 0.6) is 0 Å². The zero-order valence-corrected chi connectivity index (χ0v) is 7.87. The predicted octanol–water partition coefficient (Wildman–Crippen LogP) is 0.109. The maximum Gasteiger partial charge on any atom is 0.0864 e. The number of aliphatic hydroxyl groups is 2. The number of pyridine rings is 1. The van der Waals surface area contributed by atoms with Gasteiger partial charge in [-0.3, -0.25) is 4.98 Å². The highest BCUT2D eigenvalue weighted by Crippen LogP contribution is 2.23. The summed E-state index contributed by atoms with van der Waals surface area (Å²) in [5.41, 5.74) is 6.22. The smallest absolute Gasteiger partial charge is 0.0864 e. The van der Waals surface area contributed by atoms with Crippen molar-refractivity contribution in [3.8, 4) is 0 Å². The van der Waals surface area contributed by atoms with Crippen LogP contribution in [0.3, 0.4) is 0 Å². The van der Waals surface area contributed by atoms with E-state index in [0.717, 1.165) is 4.90 Å². The average molecular weight is 200 g/mol. The van der Waals surface area contributed by atoms with Crippen molar-refractivity contribution in [1.82, 2.24) is 4.98 Å². The summed E-state index contributed by atoms with van der Waals surface area (Å²) in [4.78, 5) is 4.72. The summed E-state index contributed by atoms with van der Waals surface area (Å²) in [7, 11) is 0. The van der Waals surface area contributed by atoms with Crippen LogP contribution >= 0.6 is 11.8 Å². The summed E-state index contributed by atoms with van der Waals surface area (Å²) in [6, 6.07) is 1.78. The second-order valence-electron chi connectivity index (χ2n) is 2.56. The lowest BCUT2D eigenvalue weighted by Crippen LogP contribution is -2.14. The second-order valence-corrected chi connectivity index (χ2v) is 3.62. The monoisotopic (exact) mass is 200 g/mol. The van der Waals surface area contributed by atoms with Gasteiger partial charge in [0.1, 0.15) is 0 Å². The van der Waals surface area contributed by atoms with Gasteiger partial charge in [0.25, 0.3) is 0 Å². The van der Waals surface area contributed by atoms with E-state index in [9.17, 15) is 0 Å². The maximum atomic E-state index is 9.08. The molecule has 0 amide bonds. The topological polar surface area (TPSA) is 79.4 Å². The number of aromatic nitrogens is 1. The molecule has 0 bridgehead atoms. The van der Waals surface area contributed by atoms with Crippen LogP contribution < -0.4 is 5.73 Å². The molecule has 0 aliphatic rings. The van der Waals surface area contributed by atoms with Gasteiger partial charge in [-0.2, -0.15) is 0 Å². The lowest BCUT2D eigenvalue weighted by atomic mass is 10.4. The van der Waals surface area contributed by atoms with E-state index < -0.39 is 6.10 Å². The van der Waals surface area contributed by atoms with Crippen LogP contribution in [0.25, 0.3) is 0 Å². The Bertz CT molecular complexity index is 270. The van der Waals surface area contributed by atoms with Crippen LogP contribution in [-0.2, 0) is 0 Å². The molecule has 72 valence electrons. The normalized spacial score (nSPS) is 12.8. The number of nitrogens with two attached hydrogens (primary N) is 1. The third-order valence-corrected chi connectivity index (χ3v) is 2.69. The molecule has 0 aliphatic heterocycles. The molecule has 0 saturated carbocycles. The van der Waals surface area contributed by atoms with Gasteiger partial charge in [0.05, 0.1) is 24.6 Å². The van der Waals surface area contributed by atoms with Crippen LogP contribution in [0.2, 0.25) is 0 Å². The predicted molar refractivity (Wildman–Crippen MR) is 52.5 cm³/mol. The quantitative estimate of drug-likeness (QED) is 0.601. The molecule has 4 N–H and O–H groups in total. The van der Waals surface area contributed by atoms with Crippen LogP contribution in [0, 0.1) is 0 Å². The zero-order valence-electron chi connectivity index (χ0n) is 7.05. The molecule has 1 aromatic heterocycles. The fourth-order valence-corrected chi connectivity index (χ4v) is 1.62. The number of nitrogen functional groups attached to an aromatic ring is 1. The molecular weight excluding hydrogens is 188 g/mol. The second kappa shape index (κ2) is 5.06. The Hall–Kier alpha value is -0.780. The zero-order chi connectivity index (χ0) is 9.68. The summed E-state index contributed by atoms with van der Waals surface area (Å²) >= 11 is 1.40. The van der Waals surface area contributed by atoms with E-state index in [1.165, 1.54) is 11.8 Å². The Kier molecular flexibility index (Phi) is 4.01. The van der Waals surface area contributed by atoms with E-state index in [1.807, 2.05) is 0 Å². The van der Waals surface area contributed by atoms with Crippen molar-refractivity contribution in [2.24, 2.45) is 0 Å². The fourth-order valence-electron chi connectivity index (χ4n) is 0.764. The first kappa shape index (κ1) is 10.3. The maximum absolute atomic E-state index is 9.08. The first-order chi connectivity index (χ1) is 6.24. The molecule has 0 aromatic carbocycles. The van der Waals surface area contributed by atoms with Crippen molar-refractivity contribution < 1.29 is 10.2 Å². The summed E-state index contributed by atoms with van der Waals surface area (Å²) in [5, 5.41) is 17.7. The first-order valence-corrected chi connectivity index (χ1v) is 4.84. The molecule has 0 aliphatic carbocycles. The Morgan fingerprint density at radius 1 is 1.62 bits per heavy atom. The molecule has 0 spiro atoms. The van der Waals surface area contributed by atoms with E-state index in [0.29, 0.717) is 11.4 Å². The Labute approximate surface area is 80.8 Å². The fraction of sp³-hybridized carbons (Fsp3) is 0.375. The third-order valence-electron chi connectivity index (χ3n) is 1.45. The van der Waals surface area contributed by atoms with Crippen molar-refractivity contribution in [2.45, 2.75) is 11.0 Å². The summed E-state index contributed by atoms with van der Waals surface area (Å²) < 4.78 is 0. The first-order valence-electron chi connectivity index (χ1n) is 3.85. The van der Waals surface area contributed by atoms with Gasteiger partial charge in [0, 0.05) is 16.8 Å². The Morgan fingerprint density at radius 3 is 3.00 bits per heavy atom. The van der Waals surface area contributed by atoms with E-state index in [1.54, 1.807) is 18.5 Å². The molecular formula is C8H12N2O2S.